The number of aryl methyl sites for hydroxylation is 1. The Kier molecular flexibility index (Phi) is 6.57. The summed E-state index contributed by atoms with van der Waals surface area (Å²) < 4.78 is 8.84. The van der Waals surface area contributed by atoms with Gasteiger partial charge >= 0.3 is 0 Å². The third-order valence-corrected chi connectivity index (χ3v) is 6.50. The second-order valence-corrected chi connectivity index (χ2v) is 9.57. The Labute approximate surface area is 199 Å². The van der Waals surface area contributed by atoms with Crippen LogP contribution in [0.4, 0.5) is 5.95 Å². The fourth-order valence-corrected chi connectivity index (χ4v) is 4.65. The number of carbonyl (C=O) groups is 1. The van der Waals surface area contributed by atoms with Gasteiger partial charge in [0.05, 0.1) is 5.57 Å². The highest BCUT2D eigenvalue weighted by Gasteiger charge is 2.35. The van der Waals surface area contributed by atoms with Crippen molar-refractivity contribution in [2.24, 2.45) is 5.73 Å². The third kappa shape index (κ3) is 4.40. The second kappa shape index (κ2) is 9.38. The number of rotatable bonds is 7. The van der Waals surface area contributed by atoms with Gasteiger partial charge in [-0.3, -0.25) is 4.79 Å². The lowest BCUT2D eigenvalue weighted by atomic mass is 9.94. The summed E-state index contributed by atoms with van der Waals surface area (Å²) in [6.07, 6.45) is 0. The van der Waals surface area contributed by atoms with Crippen LogP contribution in [0.3, 0.4) is 0 Å². The third-order valence-electron chi connectivity index (χ3n) is 5.28. The molecule has 9 heteroatoms. The van der Waals surface area contributed by atoms with Crippen LogP contribution in [0.2, 0.25) is 0 Å². The predicted octanol–water partition coefficient (Wildman–Crippen LogP) is 4.81. The highest BCUT2D eigenvalue weighted by molar-refractivity contribution is 9.10. The molecule has 3 aromatic rings. The number of benzene rings is 2. The summed E-state index contributed by atoms with van der Waals surface area (Å²) >= 11 is 5.09. The van der Waals surface area contributed by atoms with Crippen LogP contribution in [0.5, 0.6) is 5.75 Å². The predicted molar refractivity (Wildman–Crippen MR) is 130 cm³/mol. The number of carbonyl (C=O) groups excluding carboxylic acids is 1. The van der Waals surface area contributed by atoms with Crippen LogP contribution in [0, 0.1) is 6.92 Å². The van der Waals surface area contributed by atoms with Gasteiger partial charge in [0, 0.05) is 15.7 Å². The van der Waals surface area contributed by atoms with Gasteiger partial charge in [0.2, 0.25) is 17.0 Å². The zero-order chi connectivity index (χ0) is 22.8. The number of hydrogen-bond acceptors (Lipinski definition) is 6. The normalized spacial score (nSPS) is 15.3. The SMILES string of the molecule is CCSc1nc2n(n1)C(c1cc(Br)ccc1OCc1ccccc1C)C(C(N)=O)=C(C)N2. The number of anilines is 1. The fraction of sp³-hybridized carbons (Fsp3) is 0.261. The number of fused-ring (bicyclic) bond motifs is 1. The van der Waals surface area contributed by atoms with Crippen LogP contribution in [0.15, 0.2) is 63.4 Å². The number of aromatic nitrogens is 3. The summed E-state index contributed by atoms with van der Waals surface area (Å²) in [6.45, 7) is 6.32. The molecule has 4 rings (SSSR count). The van der Waals surface area contributed by atoms with E-state index in [2.05, 4.69) is 44.3 Å². The average Bonchev–Trinajstić information content (AvgIpc) is 3.14. The second-order valence-electron chi connectivity index (χ2n) is 7.42. The molecule has 3 N–H and O–H groups in total. The summed E-state index contributed by atoms with van der Waals surface area (Å²) in [5, 5.41) is 8.47. The number of amides is 1. The Hall–Kier alpha value is -2.78. The van der Waals surface area contributed by atoms with Crippen LogP contribution in [0.1, 0.15) is 36.6 Å². The number of halogens is 1. The number of primary amides is 1. The number of ether oxygens (including phenoxy) is 1. The fourth-order valence-electron chi connectivity index (χ4n) is 3.72. The van der Waals surface area contributed by atoms with E-state index in [0.717, 1.165) is 26.9 Å². The molecule has 166 valence electrons. The van der Waals surface area contributed by atoms with Crippen molar-refractivity contribution in [1.29, 1.82) is 0 Å². The van der Waals surface area contributed by atoms with Crippen molar-refractivity contribution in [2.75, 3.05) is 11.1 Å². The van der Waals surface area contributed by atoms with E-state index >= 15 is 0 Å². The van der Waals surface area contributed by atoms with Gasteiger partial charge in [0.25, 0.3) is 0 Å². The first kappa shape index (κ1) is 22.4. The zero-order valence-corrected chi connectivity index (χ0v) is 20.5. The van der Waals surface area contributed by atoms with E-state index < -0.39 is 11.9 Å². The van der Waals surface area contributed by atoms with E-state index in [1.165, 1.54) is 11.8 Å². The van der Waals surface area contributed by atoms with E-state index in [0.29, 0.717) is 34.7 Å². The standard InChI is InChI=1S/C23H24BrN5O2S/c1-4-32-23-27-22-26-14(3)19(21(25)30)20(29(22)28-23)17-11-16(24)9-10-18(17)31-12-15-8-6-5-7-13(15)2/h5-11,20H,4,12H2,1-3H3,(H2,25,30)(H,26,27,28). The number of nitrogens with one attached hydrogen (secondary N) is 1. The van der Waals surface area contributed by atoms with Crippen molar-refractivity contribution < 1.29 is 9.53 Å². The number of nitrogens with two attached hydrogens (primary N) is 1. The van der Waals surface area contributed by atoms with Crippen molar-refractivity contribution >= 4 is 39.5 Å². The van der Waals surface area contributed by atoms with Crippen LogP contribution in [-0.2, 0) is 11.4 Å². The van der Waals surface area contributed by atoms with E-state index in [1.54, 1.807) is 4.68 Å². The first-order valence-corrected chi connectivity index (χ1v) is 12.0. The van der Waals surface area contributed by atoms with Crippen molar-refractivity contribution in [3.63, 3.8) is 0 Å². The number of hydrogen-bond donors (Lipinski definition) is 2. The van der Waals surface area contributed by atoms with E-state index in [1.807, 2.05) is 50.2 Å². The molecule has 2 heterocycles. The molecular formula is C23H24BrN5O2S. The van der Waals surface area contributed by atoms with Crippen molar-refractivity contribution in [2.45, 2.75) is 38.6 Å². The summed E-state index contributed by atoms with van der Waals surface area (Å²) in [5.41, 5.74) is 9.93. The highest BCUT2D eigenvalue weighted by atomic mass is 79.9. The molecule has 0 saturated heterocycles. The van der Waals surface area contributed by atoms with Gasteiger partial charge in [-0.2, -0.15) is 4.98 Å². The van der Waals surface area contributed by atoms with Gasteiger partial charge in [0.15, 0.2) is 0 Å². The molecule has 7 nitrogen and oxygen atoms in total. The molecule has 1 aliphatic rings. The molecule has 0 radical (unpaired) electrons. The summed E-state index contributed by atoms with van der Waals surface area (Å²) in [6, 6.07) is 13.3. The summed E-state index contributed by atoms with van der Waals surface area (Å²) in [4.78, 5) is 17.1. The molecule has 1 aromatic heterocycles. The first-order valence-electron chi connectivity index (χ1n) is 10.2. The van der Waals surface area contributed by atoms with E-state index in [9.17, 15) is 4.79 Å². The lowest BCUT2D eigenvalue weighted by Gasteiger charge is -2.29. The molecule has 0 aliphatic carbocycles. The minimum atomic E-state index is -0.563. The van der Waals surface area contributed by atoms with Gasteiger partial charge in [-0.25, -0.2) is 4.68 Å². The quantitative estimate of drug-likeness (QED) is 0.440. The molecule has 1 atom stereocenters. The zero-order valence-electron chi connectivity index (χ0n) is 18.1. The van der Waals surface area contributed by atoms with E-state index in [4.69, 9.17) is 10.5 Å². The first-order chi connectivity index (χ1) is 15.4. The Morgan fingerprint density at radius 1 is 1.28 bits per heavy atom. The van der Waals surface area contributed by atoms with Crippen LogP contribution in [-0.4, -0.2) is 26.4 Å². The molecule has 0 bridgehead atoms. The Balaban J connectivity index is 1.81. The van der Waals surface area contributed by atoms with Gasteiger partial charge in [-0.05, 0) is 48.9 Å². The van der Waals surface area contributed by atoms with Crippen LogP contribution >= 0.6 is 27.7 Å². The molecule has 32 heavy (non-hydrogen) atoms. The molecule has 2 aromatic carbocycles. The molecule has 0 spiro atoms. The van der Waals surface area contributed by atoms with Crippen molar-refractivity contribution in [1.82, 2.24) is 14.8 Å². The number of thioether (sulfide) groups is 1. The maximum atomic E-state index is 12.5. The van der Waals surface area contributed by atoms with Gasteiger partial charge in [0.1, 0.15) is 18.4 Å². The highest BCUT2D eigenvalue weighted by Crippen LogP contribution is 2.41. The maximum absolute atomic E-state index is 12.5. The van der Waals surface area contributed by atoms with Gasteiger partial charge in [-0.15, -0.1) is 5.10 Å². The van der Waals surface area contributed by atoms with Crippen molar-refractivity contribution in [3.05, 3.63) is 74.9 Å². The summed E-state index contributed by atoms with van der Waals surface area (Å²) in [7, 11) is 0. The van der Waals surface area contributed by atoms with E-state index in [-0.39, 0.29) is 0 Å². The number of allylic oxidation sites excluding steroid dienone is 1. The molecule has 1 aliphatic heterocycles. The Morgan fingerprint density at radius 3 is 2.78 bits per heavy atom. The molecule has 0 saturated carbocycles. The molecule has 1 unspecified atom stereocenters. The molecule has 1 amide bonds. The van der Waals surface area contributed by atoms with Gasteiger partial charge in [-0.1, -0.05) is 58.9 Å². The number of nitrogens with zero attached hydrogens (tertiary/aromatic N) is 3. The van der Waals surface area contributed by atoms with Crippen LogP contribution in [0.25, 0.3) is 0 Å². The van der Waals surface area contributed by atoms with Crippen LogP contribution < -0.4 is 15.8 Å². The average molecular weight is 514 g/mol. The topological polar surface area (TPSA) is 95.1 Å². The van der Waals surface area contributed by atoms with Gasteiger partial charge < -0.3 is 15.8 Å². The smallest absolute Gasteiger partial charge is 0.248 e. The summed E-state index contributed by atoms with van der Waals surface area (Å²) in [5.74, 6) is 1.54. The molecular weight excluding hydrogens is 490 g/mol. The largest absolute Gasteiger partial charge is 0.489 e. The lowest BCUT2D eigenvalue weighted by Crippen LogP contribution is -2.32. The Morgan fingerprint density at radius 2 is 2.06 bits per heavy atom. The minimum absolute atomic E-state index is 0.405. The monoisotopic (exact) mass is 513 g/mol. The Bertz CT molecular complexity index is 1210. The van der Waals surface area contributed by atoms with Crippen molar-refractivity contribution in [3.8, 4) is 5.75 Å². The maximum Gasteiger partial charge on any atom is 0.248 e. The minimum Gasteiger partial charge on any atom is -0.489 e. The lowest BCUT2D eigenvalue weighted by molar-refractivity contribution is -0.115. The molecule has 0 fully saturated rings.